The molecule has 0 spiro atoms. The molecular formula is C17H14ClF4N3O2. The van der Waals surface area contributed by atoms with Crippen LogP contribution in [0.3, 0.4) is 0 Å². The first-order chi connectivity index (χ1) is 12.7. The molecule has 0 N–H and O–H groups in total. The van der Waals surface area contributed by atoms with Crippen LogP contribution in [-0.2, 0) is 17.5 Å². The van der Waals surface area contributed by atoms with E-state index in [0.717, 1.165) is 44.2 Å². The van der Waals surface area contributed by atoms with Crippen LogP contribution < -0.4 is 5.12 Å². The summed E-state index contributed by atoms with van der Waals surface area (Å²) in [6.45, 7) is -0.403. The van der Waals surface area contributed by atoms with Gasteiger partial charge in [0.15, 0.2) is 11.5 Å². The minimum absolute atomic E-state index is 0.0175. The third-order valence-corrected chi connectivity index (χ3v) is 4.35. The molecule has 0 aliphatic heterocycles. The fraction of sp³-hybridized carbons (Fsp3) is 0.353. The van der Waals surface area contributed by atoms with Crippen molar-refractivity contribution in [2.75, 3.05) is 12.2 Å². The van der Waals surface area contributed by atoms with Gasteiger partial charge in [0.05, 0.1) is 19.2 Å². The summed E-state index contributed by atoms with van der Waals surface area (Å²) in [5, 5.41) is -0.147. The molecule has 1 aromatic heterocycles. The summed E-state index contributed by atoms with van der Waals surface area (Å²) in [4.78, 5) is 20.0. The largest absolute Gasteiger partial charge is 0.464 e. The second-order valence-corrected chi connectivity index (χ2v) is 6.43. The average Bonchev–Trinajstić information content (AvgIpc) is 3.46. The molecule has 0 radical (unpaired) electrons. The van der Waals surface area contributed by atoms with E-state index in [1.807, 2.05) is 0 Å². The maximum Gasteiger partial charge on any atom is 0.416 e. The lowest BCUT2D eigenvalue weighted by molar-refractivity contribution is -0.137. The van der Waals surface area contributed by atoms with Gasteiger partial charge in [0.25, 0.3) is 0 Å². The Bertz CT molecular complexity index is 854. The molecule has 27 heavy (non-hydrogen) atoms. The predicted molar refractivity (Wildman–Crippen MR) is 89.1 cm³/mol. The number of aromatic nitrogens is 2. The lowest BCUT2D eigenvalue weighted by Gasteiger charge is -2.17. The minimum atomic E-state index is -4.47. The van der Waals surface area contributed by atoms with E-state index in [1.54, 1.807) is 0 Å². The van der Waals surface area contributed by atoms with Crippen LogP contribution in [0.4, 0.5) is 23.5 Å². The zero-order valence-electron chi connectivity index (χ0n) is 14.1. The van der Waals surface area contributed by atoms with Gasteiger partial charge in [-0.15, -0.1) is 0 Å². The molecule has 1 saturated carbocycles. The highest BCUT2D eigenvalue weighted by Gasteiger charge is 2.32. The zero-order valence-corrected chi connectivity index (χ0v) is 14.8. The number of benzene rings is 1. The number of alkyl halides is 3. The Hall–Kier alpha value is -2.42. The molecule has 5 nitrogen and oxygen atoms in total. The fourth-order valence-corrected chi connectivity index (χ4v) is 2.66. The van der Waals surface area contributed by atoms with E-state index in [0.29, 0.717) is 0 Å². The maximum atomic E-state index is 14.7. The molecular weight excluding hydrogens is 390 g/mol. The van der Waals surface area contributed by atoms with Crippen molar-refractivity contribution >= 4 is 23.4 Å². The number of hydrogen-bond acceptors (Lipinski definition) is 5. The van der Waals surface area contributed by atoms with E-state index < -0.39 is 24.3 Å². The third-order valence-electron chi connectivity index (χ3n) is 4.00. The smallest absolute Gasteiger partial charge is 0.416 e. The normalized spacial score (nSPS) is 14.1. The Morgan fingerprint density at radius 3 is 2.41 bits per heavy atom. The van der Waals surface area contributed by atoms with Crippen molar-refractivity contribution in [1.82, 2.24) is 9.97 Å². The monoisotopic (exact) mass is 403 g/mol. The first-order valence-electron chi connectivity index (χ1n) is 7.96. The fourth-order valence-electron chi connectivity index (χ4n) is 2.40. The van der Waals surface area contributed by atoms with E-state index in [2.05, 4.69) is 14.7 Å². The van der Waals surface area contributed by atoms with Crippen molar-refractivity contribution in [1.29, 1.82) is 0 Å². The van der Waals surface area contributed by atoms with Crippen LogP contribution in [0.2, 0.25) is 5.02 Å². The number of nitrogens with zero attached hydrogens (tertiary/aromatic N) is 3. The van der Waals surface area contributed by atoms with Crippen LogP contribution in [0, 0.1) is 0 Å². The van der Waals surface area contributed by atoms with Crippen molar-refractivity contribution in [3.05, 3.63) is 51.9 Å². The van der Waals surface area contributed by atoms with E-state index >= 15 is 0 Å². The van der Waals surface area contributed by atoms with Gasteiger partial charge in [-0.3, -0.25) is 0 Å². The Morgan fingerprint density at radius 2 is 1.89 bits per heavy atom. The Balaban J connectivity index is 1.88. The van der Waals surface area contributed by atoms with Crippen molar-refractivity contribution in [3.8, 4) is 0 Å². The van der Waals surface area contributed by atoms with Crippen LogP contribution >= 0.6 is 11.6 Å². The van der Waals surface area contributed by atoms with Gasteiger partial charge in [0, 0.05) is 5.92 Å². The number of ether oxygens (including phenoxy) is 1. The lowest BCUT2D eigenvalue weighted by atomic mass is 10.1. The molecule has 0 saturated heterocycles. The molecule has 1 aliphatic rings. The Kier molecular flexibility index (Phi) is 5.23. The van der Waals surface area contributed by atoms with Gasteiger partial charge in [0.2, 0.25) is 0 Å². The van der Waals surface area contributed by atoms with Crippen LogP contribution in [0.25, 0.3) is 0 Å². The first kappa shape index (κ1) is 19.3. The highest BCUT2D eigenvalue weighted by Crippen LogP contribution is 2.40. The van der Waals surface area contributed by atoms with Gasteiger partial charge in [-0.2, -0.15) is 18.3 Å². The minimum Gasteiger partial charge on any atom is -0.464 e. The summed E-state index contributed by atoms with van der Waals surface area (Å²) in [5.74, 6) is -0.851. The summed E-state index contributed by atoms with van der Waals surface area (Å²) < 4.78 is 57.2. The number of methoxy groups -OCH3 is 1. The van der Waals surface area contributed by atoms with E-state index in [4.69, 9.17) is 11.6 Å². The molecule has 0 atom stereocenters. The van der Waals surface area contributed by atoms with Gasteiger partial charge in [-0.1, -0.05) is 28.2 Å². The summed E-state index contributed by atoms with van der Waals surface area (Å²) in [5.41, 5.74) is -0.811. The van der Waals surface area contributed by atoms with Crippen LogP contribution in [0.1, 0.15) is 46.2 Å². The maximum absolute atomic E-state index is 14.7. The van der Waals surface area contributed by atoms with Crippen molar-refractivity contribution < 1.29 is 27.2 Å². The predicted octanol–water partition coefficient (Wildman–Crippen LogP) is 4.70. The standard InChI is InChI=1S/C17H14ClF4N3O2/c1-27-16(26)13-12(18)15(24-14(23-13)10-4-5-10)25(22)8-9-2-6-11(7-3-9)17(19,20)21/h2-3,6-7,10H,4-5,8H2,1H3. The van der Waals surface area contributed by atoms with Crippen molar-refractivity contribution in [3.63, 3.8) is 0 Å². The number of hydrogen-bond donors (Lipinski definition) is 0. The molecule has 3 rings (SSSR count). The summed E-state index contributed by atoms with van der Waals surface area (Å²) in [6.07, 6.45) is -2.85. The highest BCUT2D eigenvalue weighted by atomic mass is 35.5. The molecule has 10 heteroatoms. The van der Waals surface area contributed by atoms with Crippen LogP contribution in [0.5, 0.6) is 0 Å². The van der Waals surface area contributed by atoms with Gasteiger partial charge in [-0.05, 0) is 30.5 Å². The third kappa shape index (κ3) is 4.29. The van der Waals surface area contributed by atoms with Crippen LogP contribution in [0.15, 0.2) is 24.3 Å². The Labute approximate surface area is 156 Å². The second kappa shape index (κ2) is 7.30. The summed E-state index contributed by atoms with van der Waals surface area (Å²) in [7, 11) is 1.15. The lowest BCUT2D eigenvalue weighted by Crippen LogP contribution is -2.18. The van der Waals surface area contributed by atoms with E-state index in [1.165, 1.54) is 0 Å². The van der Waals surface area contributed by atoms with Gasteiger partial charge < -0.3 is 4.74 Å². The molecule has 0 unspecified atom stereocenters. The Morgan fingerprint density at radius 1 is 1.26 bits per heavy atom. The highest BCUT2D eigenvalue weighted by molar-refractivity contribution is 6.35. The molecule has 0 bridgehead atoms. The number of esters is 1. The molecule has 1 heterocycles. The summed E-state index contributed by atoms with van der Waals surface area (Å²) in [6, 6.07) is 4.04. The molecule has 144 valence electrons. The quantitative estimate of drug-likeness (QED) is 0.411. The van der Waals surface area contributed by atoms with Crippen molar-refractivity contribution in [2.45, 2.75) is 31.5 Å². The van der Waals surface area contributed by atoms with Gasteiger partial charge in [-0.25, -0.2) is 14.8 Å². The van der Waals surface area contributed by atoms with E-state index in [9.17, 15) is 22.4 Å². The van der Waals surface area contributed by atoms with Gasteiger partial charge in [0.1, 0.15) is 10.8 Å². The molecule has 1 aliphatic carbocycles. The van der Waals surface area contributed by atoms with E-state index in [-0.39, 0.29) is 39.0 Å². The van der Waals surface area contributed by atoms with Crippen LogP contribution in [-0.4, -0.2) is 23.0 Å². The molecule has 1 fully saturated rings. The topological polar surface area (TPSA) is 55.3 Å². The SMILES string of the molecule is COC(=O)c1nc(C2CC2)nc(N(F)Cc2ccc(C(F)(F)F)cc2)c1Cl. The molecule has 1 aromatic carbocycles. The zero-order chi connectivity index (χ0) is 19.8. The summed E-state index contributed by atoms with van der Waals surface area (Å²) >= 11 is 6.07. The van der Waals surface area contributed by atoms with Crippen molar-refractivity contribution in [2.24, 2.45) is 0 Å². The first-order valence-corrected chi connectivity index (χ1v) is 8.33. The number of carbonyl (C=O) groups excluding carboxylic acids is 1. The number of carbonyl (C=O) groups is 1. The second-order valence-electron chi connectivity index (χ2n) is 6.05. The number of rotatable bonds is 5. The average molecular weight is 404 g/mol. The number of anilines is 1. The number of halogens is 5. The van der Waals surface area contributed by atoms with Gasteiger partial charge >= 0.3 is 12.1 Å². The molecule has 2 aromatic rings. The molecule has 0 amide bonds.